The fourth-order valence-electron chi connectivity index (χ4n) is 1.95. The van der Waals surface area contributed by atoms with E-state index in [1.807, 2.05) is 0 Å². The molecule has 4 nitrogen and oxygen atoms in total. The Labute approximate surface area is 85.8 Å². The molecule has 1 rings (SSSR count). The van der Waals surface area contributed by atoms with Crippen LogP contribution in [0, 0.1) is 11.8 Å². The van der Waals surface area contributed by atoms with Crippen LogP contribution in [0.4, 0.5) is 0 Å². The van der Waals surface area contributed by atoms with E-state index in [9.17, 15) is 8.42 Å². The first-order valence-corrected chi connectivity index (χ1v) is 6.78. The van der Waals surface area contributed by atoms with Gasteiger partial charge in [0.15, 0.2) is 0 Å². The van der Waals surface area contributed by atoms with Gasteiger partial charge in [-0.15, -0.1) is 0 Å². The summed E-state index contributed by atoms with van der Waals surface area (Å²) in [5.74, 6) is 0.906. The molecule has 1 aliphatic rings. The van der Waals surface area contributed by atoms with Crippen LogP contribution in [0.5, 0.6) is 0 Å². The standard InChI is InChI=1S/C9H19NO3S/c1-8-3-2-4-9(8)7-10-14(12,13)6-5-11/h8-11H,2-7H2,1H3. The minimum Gasteiger partial charge on any atom is -0.395 e. The molecule has 0 bridgehead atoms. The third kappa shape index (κ3) is 3.55. The molecule has 14 heavy (non-hydrogen) atoms. The van der Waals surface area contributed by atoms with E-state index in [0.29, 0.717) is 18.4 Å². The van der Waals surface area contributed by atoms with Gasteiger partial charge in [0.2, 0.25) is 10.0 Å². The summed E-state index contributed by atoms with van der Waals surface area (Å²) in [7, 11) is -3.24. The lowest BCUT2D eigenvalue weighted by molar-refractivity contribution is 0.318. The maximum absolute atomic E-state index is 11.2. The number of aliphatic hydroxyl groups excluding tert-OH is 1. The summed E-state index contributed by atoms with van der Waals surface area (Å²) in [5.41, 5.74) is 0. The second-order valence-corrected chi connectivity index (χ2v) is 5.99. The summed E-state index contributed by atoms with van der Waals surface area (Å²) in [6.07, 6.45) is 3.52. The van der Waals surface area contributed by atoms with Crippen molar-refractivity contribution in [2.75, 3.05) is 18.9 Å². The maximum Gasteiger partial charge on any atom is 0.213 e. The zero-order chi connectivity index (χ0) is 10.6. The molecule has 1 saturated carbocycles. The van der Waals surface area contributed by atoms with Gasteiger partial charge in [0, 0.05) is 6.54 Å². The smallest absolute Gasteiger partial charge is 0.213 e. The van der Waals surface area contributed by atoms with Crippen molar-refractivity contribution in [3.05, 3.63) is 0 Å². The lowest BCUT2D eigenvalue weighted by Crippen LogP contribution is -2.33. The first kappa shape index (κ1) is 11.9. The first-order valence-electron chi connectivity index (χ1n) is 5.13. The van der Waals surface area contributed by atoms with E-state index in [-0.39, 0.29) is 12.4 Å². The topological polar surface area (TPSA) is 66.4 Å². The van der Waals surface area contributed by atoms with Crippen LogP contribution in [0.25, 0.3) is 0 Å². The van der Waals surface area contributed by atoms with E-state index in [1.54, 1.807) is 0 Å². The molecule has 0 amide bonds. The van der Waals surface area contributed by atoms with Crippen molar-refractivity contribution >= 4 is 10.0 Å². The molecular weight excluding hydrogens is 202 g/mol. The SMILES string of the molecule is CC1CCCC1CNS(=O)(=O)CCO. The zero-order valence-electron chi connectivity index (χ0n) is 8.57. The van der Waals surface area contributed by atoms with Crippen molar-refractivity contribution in [3.8, 4) is 0 Å². The Morgan fingerprint density at radius 3 is 2.64 bits per heavy atom. The molecule has 2 N–H and O–H groups in total. The van der Waals surface area contributed by atoms with E-state index in [4.69, 9.17) is 5.11 Å². The van der Waals surface area contributed by atoms with Gasteiger partial charge < -0.3 is 5.11 Å². The average Bonchev–Trinajstić information content (AvgIpc) is 2.48. The van der Waals surface area contributed by atoms with Gasteiger partial charge in [0.05, 0.1) is 12.4 Å². The highest BCUT2D eigenvalue weighted by Gasteiger charge is 2.24. The molecule has 0 heterocycles. The Morgan fingerprint density at radius 1 is 1.43 bits per heavy atom. The largest absolute Gasteiger partial charge is 0.395 e. The number of hydrogen-bond acceptors (Lipinski definition) is 3. The van der Waals surface area contributed by atoms with Crippen LogP contribution < -0.4 is 4.72 Å². The Bertz CT molecular complexity index is 263. The molecule has 2 atom stereocenters. The lowest BCUT2D eigenvalue weighted by Gasteiger charge is -2.15. The van der Waals surface area contributed by atoms with Gasteiger partial charge in [-0.2, -0.15) is 0 Å². The number of hydrogen-bond donors (Lipinski definition) is 2. The molecular formula is C9H19NO3S. The summed E-state index contributed by atoms with van der Waals surface area (Å²) in [6.45, 7) is 2.39. The summed E-state index contributed by atoms with van der Waals surface area (Å²) >= 11 is 0. The highest BCUT2D eigenvalue weighted by Crippen LogP contribution is 2.30. The second kappa shape index (κ2) is 5.09. The molecule has 1 aliphatic carbocycles. The van der Waals surface area contributed by atoms with Crippen LogP contribution in [-0.4, -0.2) is 32.4 Å². The quantitative estimate of drug-likeness (QED) is 0.703. The normalized spacial score (nSPS) is 28.1. The van der Waals surface area contributed by atoms with Gasteiger partial charge in [-0.05, 0) is 18.3 Å². The number of aliphatic hydroxyl groups is 1. The number of sulfonamides is 1. The molecule has 2 unspecified atom stereocenters. The van der Waals surface area contributed by atoms with E-state index in [2.05, 4.69) is 11.6 Å². The van der Waals surface area contributed by atoms with Crippen molar-refractivity contribution in [1.82, 2.24) is 4.72 Å². The molecule has 0 aliphatic heterocycles. The highest BCUT2D eigenvalue weighted by atomic mass is 32.2. The molecule has 0 radical (unpaired) electrons. The zero-order valence-corrected chi connectivity index (χ0v) is 9.39. The lowest BCUT2D eigenvalue weighted by atomic mass is 9.99. The summed E-state index contributed by atoms with van der Waals surface area (Å²) in [4.78, 5) is 0. The summed E-state index contributed by atoms with van der Waals surface area (Å²) in [5, 5.41) is 8.53. The Morgan fingerprint density at radius 2 is 2.14 bits per heavy atom. The fourth-order valence-corrected chi connectivity index (χ4v) is 2.80. The van der Waals surface area contributed by atoms with E-state index in [1.165, 1.54) is 12.8 Å². The van der Waals surface area contributed by atoms with E-state index >= 15 is 0 Å². The van der Waals surface area contributed by atoms with Crippen molar-refractivity contribution in [2.24, 2.45) is 11.8 Å². The fraction of sp³-hybridized carbons (Fsp3) is 1.00. The Hall–Kier alpha value is -0.130. The van der Waals surface area contributed by atoms with Crippen LogP contribution in [0.2, 0.25) is 0 Å². The van der Waals surface area contributed by atoms with Crippen LogP contribution >= 0.6 is 0 Å². The van der Waals surface area contributed by atoms with Gasteiger partial charge >= 0.3 is 0 Å². The van der Waals surface area contributed by atoms with Crippen LogP contribution in [-0.2, 0) is 10.0 Å². The number of nitrogens with one attached hydrogen (secondary N) is 1. The molecule has 0 spiro atoms. The molecule has 0 aromatic rings. The summed E-state index contributed by atoms with van der Waals surface area (Å²) in [6, 6.07) is 0. The minimum atomic E-state index is -3.24. The van der Waals surface area contributed by atoms with Crippen LogP contribution in [0.15, 0.2) is 0 Å². The van der Waals surface area contributed by atoms with Crippen molar-refractivity contribution in [2.45, 2.75) is 26.2 Å². The molecule has 0 aromatic heterocycles. The predicted molar refractivity (Wildman–Crippen MR) is 55.4 cm³/mol. The van der Waals surface area contributed by atoms with Crippen molar-refractivity contribution in [1.29, 1.82) is 0 Å². The first-order chi connectivity index (χ1) is 6.55. The van der Waals surface area contributed by atoms with Crippen molar-refractivity contribution in [3.63, 3.8) is 0 Å². The van der Waals surface area contributed by atoms with Gasteiger partial charge in [0.25, 0.3) is 0 Å². The number of rotatable bonds is 5. The van der Waals surface area contributed by atoms with Gasteiger partial charge in [-0.1, -0.05) is 19.8 Å². The van der Waals surface area contributed by atoms with E-state index in [0.717, 1.165) is 6.42 Å². The second-order valence-electron chi connectivity index (χ2n) is 4.06. The molecule has 84 valence electrons. The summed E-state index contributed by atoms with van der Waals surface area (Å²) < 4.78 is 25.0. The van der Waals surface area contributed by atoms with Gasteiger partial charge in [-0.25, -0.2) is 13.1 Å². The highest BCUT2D eigenvalue weighted by molar-refractivity contribution is 7.89. The van der Waals surface area contributed by atoms with Gasteiger partial charge in [-0.3, -0.25) is 0 Å². The Balaban J connectivity index is 2.32. The average molecular weight is 221 g/mol. The van der Waals surface area contributed by atoms with Crippen molar-refractivity contribution < 1.29 is 13.5 Å². The van der Waals surface area contributed by atoms with Crippen LogP contribution in [0.3, 0.4) is 0 Å². The maximum atomic E-state index is 11.2. The monoisotopic (exact) mass is 221 g/mol. The predicted octanol–water partition coefficient (Wildman–Crippen LogP) is 0.334. The molecule has 0 aromatic carbocycles. The molecule has 5 heteroatoms. The third-order valence-corrected chi connectivity index (χ3v) is 4.29. The Kier molecular flexibility index (Phi) is 4.34. The molecule has 0 saturated heterocycles. The van der Waals surface area contributed by atoms with Crippen LogP contribution in [0.1, 0.15) is 26.2 Å². The third-order valence-electron chi connectivity index (χ3n) is 2.96. The molecule has 1 fully saturated rings. The minimum absolute atomic E-state index is 0.186. The van der Waals surface area contributed by atoms with Gasteiger partial charge in [0.1, 0.15) is 0 Å². The van der Waals surface area contributed by atoms with E-state index < -0.39 is 10.0 Å².